The SMILES string of the molecule is COc1cc(C(=O)O[C@H](C)C(=O)NCc2ccccc2)ccc1OCc1ccccc1. The Balaban J connectivity index is 1.57. The number of carbonyl (C=O) groups is 2. The Morgan fingerprint density at radius 1 is 0.871 bits per heavy atom. The van der Waals surface area contributed by atoms with E-state index in [1.165, 1.54) is 20.1 Å². The predicted molar refractivity (Wildman–Crippen MR) is 117 cm³/mol. The van der Waals surface area contributed by atoms with Crippen LogP contribution in [-0.2, 0) is 22.7 Å². The Kier molecular flexibility index (Phi) is 7.65. The van der Waals surface area contributed by atoms with Crippen molar-refractivity contribution in [1.29, 1.82) is 0 Å². The molecule has 0 spiro atoms. The minimum Gasteiger partial charge on any atom is -0.493 e. The molecule has 0 aliphatic heterocycles. The second-order valence-electron chi connectivity index (χ2n) is 6.89. The minimum absolute atomic E-state index is 0.270. The van der Waals surface area contributed by atoms with Crippen LogP contribution in [0, 0.1) is 0 Å². The van der Waals surface area contributed by atoms with Gasteiger partial charge in [0.1, 0.15) is 6.61 Å². The number of rotatable bonds is 9. The topological polar surface area (TPSA) is 73.9 Å². The van der Waals surface area contributed by atoms with E-state index in [2.05, 4.69) is 5.32 Å². The second kappa shape index (κ2) is 10.8. The van der Waals surface area contributed by atoms with Crippen molar-refractivity contribution in [1.82, 2.24) is 5.32 Å². The molecule has 1 amide bonds. The average molecular weight is 419 g/mol. The molecule has 0 unspecified atom stereocenters. The monoisotopic (exact) mass is 419 g/mol. The van der Waals surface area contributed by atoms with Crippen molar-refractivity contribution in [2.75, 3.05) is 7.11 Å². The molecule has 0 aromatic heterocycles. The molecule has 6 nitrogen and oxygen atoms in total. The fourth-order valence-electron chi connectivity index (χ4n) is 2.86. The van der Waals surface area contributed by atoms with Gasteiger partial charge in [-0.3, -0.25) is 4.79 Å². The van der Waals surface area contributed by atoms with Gasteiger partial charge in [0.2, 0.25) is 0 Å². The van der Waals surface area contributed by atoms with E-state index in [0.717, 1.165) is 11.1 Å². The summed E-state index contributed by atoms with van der Waals surface area (Å²) >= 11 is 0. The zero-order valence-electron chi connectivity index (χ0n) is 17.5. The number of hydrogen-bond donors (Lipinski definition) is 1. The third kappa shape index (κ3) is 6.34. The summed E-state index contributed by atoms with van der Waals surface area (Å²) in [4.78, 5) is 24.7. The molecule has 0 aliphatic rings. The molecule has 6 heteroatoms. The molecule has 3 aromatic rings. The fourth-order valence-corrected chi connectivity index (χ4v) is 2.86. The summed E-state index contributed by atoms with van der Waals surface area (Å²) in [5.41, 5.74) is 2.25. The third-order valence-electron chi connectivity index (χ3n) is 4.60. The van der Waals surface area contributed by atoms with Gasteiger partial charge >= 0.3 is 5.97 Å². The average Bonchev–Trinajstić information content (AvgIpc) is 2.82. The molecule has 1 N–H and O–H groups in total. The van der Waals surface area contributed by atoms with Crippen LogP contribution in [0.15, 0.2) is 78.9 Å². The van der Waals surface area contributed by atoms with Gasteiger partial charge in [-0.2, -0.15) is 0 Å². The van der Waals surface area contributed by atoms with Gasteiger partial charge in [-0.1, -0.05) is 60.7 Å². The molecule has 31 heavy (non-hydrogen) atoms. The molecular formula is C25H25NO5. The lowest BCUT2D eigenvalue weighted by molar-refractivity contribution is -0.129. The molecule has 0 saturated heterocycles. The van der Waals surface area contributed by atoms with Gasteiger partial charge in [0.25, 0.3) is 5.91 Å². The molecule has 0 fully saturated rings. The number of carbonyl (C=O) groups excluding carboxylic acids is 2. The van der Waals surface area contributed by atoms with Crippen LogP contribution in [0.2, 0.25) is 0 Å². The first kappa shape index (κ1) is 21.9. The highest BCUT2D eigenvalue weighted by Crippen LogP contribution is 2.29. The smallest absolute Gasteiger partial charge is 0.339 e. The van der Waals surface area contributed by atoms with Crippen LogP contribution < -0.4 is 14.8 Å². The molecule has 1 atom stereocenters. The quantitative estimate of drug-likeness (QED) is 0.528. The van der Waals surface area contributed by atoms with Crippen LogP contribution in [-0.4, -0.2) is 25.1 Å². The Labute approximate surface area is 181 Å². The van der Waals surface area contributed by atoms with Crippen LogP contribution in [0.3, 0.4) is 0 Å². The van der Waals surface area contributed by atoms with E-state index in [-0.39, 0.29) is 11.5 Å². The maximum Gasteiger partial charge on any atom is 0.339 e. The predicted octanol–water partition coefficient (Wildman–Crippen LogP) is 4.14. The van der Waals surface area contributed by atoms with E-state index >= 15 is 0 Å². The van der Waals surface area contributed by atoms with Crippen molar-refractivity contribution in [3.63, 3.8) is 0 Å². The lowest BCUT2D eigenvalue weighted by Crippen LogP contribution is -2.35. The standard InChI is InChI=1S/C25H25NO5/c1-18(24(27)26-16-19-9-5-3-6-10-19)31-25(28)21-13-14-22(23(15-21)29-2)30-17-20-11-7-4-8-12-20/h3-15,18H,16-17H2,1-2H3,(H,26,27)/t18-/m1/s1. The van der Waals surface area contributed by atoms with Gasteiger partial charge in [0.15, 0.2) is 17.6 Å². The zero-order valence-corrected chi connectivity index (χ0v) is 17.5. The normalized spacial score (nSPS) is 11.3. The summed E-state index contributed by atoms with van der Waals surface area (Å²) in [6, 6.07) is 24.0. The number of methoxy groups -OCH3 is 1. The number of amides is 1. The first-order valence-electron chi connectivity index (χ1n) is 9.94. The number of ether oxygens (including phenoxy) is 3. The lowest BCUT2D eigenvalue weighted by atomic mass is 10.2. The van der Waals surface area contributed by atoms with Gasteiger partial charge < -0.3 is 19.5 Å². The summed E-state index contributed by atoms with van der Waals surface area (Å²) in [6.07, 6.45) is -0.934. The Morgan fingerprint density at radius 2 is 1.52 bits per heavy atom. The van der Waals surface area contributed by atoms with E-state index in [4.69, 9.17) is 14.2 Å². The van der Waals surface area contributed by atoms with Crippen molar-refractivity contribution >= 4 is 11.9 Å². The van der Waals surface area contributed by atoms with E-state index in [9.17, 15) is 9.59 Å². The molecular weight excluding hydrogens is 394 g/mol. The summed E-state index contributed by atoms with van der Waals surface area (Å²) in [6.45, 7) is 2.27. The van der Waals surface area contributed by atoms with Crippen LogP contribution in [0.4, 0.5) is 0 Å². The van der Waals surface area contributed by atoms with Crippen LogP contribution in [0.1, 0.15) is 28.4 Å². The highest BCUT2D eigenvalue weighted by Gasteiger charge is 2.20. The van der Waals surface area contributed by atoms with E-state index in [1.807, 2.05) is 60.7 Å². The van der Waals surface area contributed by atoms with E-state index in [1.54, 1.807) is 12.1 Å². The third-order valence-corrected chi connectivity index (χ3v) is 4.60. The van der Waals surface area contributed by atoms with E-state index in [0.29, 0.717) is 24.7 Å². The molecule has 0 bridgehead atoms. The van der Waals surface area contributed by atoms with Crippen molar-refractivity contribution in [2.24, 2.45) is 0 Å². The Bertz CT molecular complexity index is 1000. The largest absolute Gasteiger partial charge is 0.493 e. The van der Waals surface area contributed by atoms with Crippen LogP contribution >= 0.6 is 0 Å². The van der Waals surface area contributed by atoms with Crippen molar-refractivity contribution in [2.45, 2.75) is 26.2 Å². The second-order valence-corrected chi connectivity index (χ2v) is 6.89. The number of hydrogen-bond acceptors (Lipinski definition) is 5. The maximum atomic E-state index is 12.5. The van der Waals surface area contributed by atoms with Crippen molar-refractivity contribution < 1.29 is 23.8 Å². The fraction of sp³-hybridized carbons (Fsp3) is 0.200. The molecule has 0 saturated carbocycles. The highest BCUT2D eigenvalue weighted by molar-refractivity contribution is 5.92. The molecule has 0 radical (unpaired) electrons. The van der Waals surface area contributed by atoms with Gasteiger partial charge in [-0.25, -0.2) is 4.79 Å². The molecule has 0 aliphatic carbocycles. The Hall–Kier alpha value is -3.80. The van der Waals surface area contributed by atoms with Gasteiger partial charge in [0.05, 0.1) is 12.7 Å². The number of benzene rings is 3. The van der Waals surface area contributed by atoms with Crippen LogP contribution in [0.5, 0.6) is 11.5 Å². The lowest BCUT2D eigenvalue weighted by Gasteiger charge is -2.15. The van der Waals surface area contributed by atoms with Crippen LogP contribution in [0.25, 0.3) is 0 Å². The zero-order chi connectivity index (χ0) is 22.1. The first-order chi connectivity index (χ1) is 15.1. The van der Waals surface area contributed by atoms with Gasteiger partial charge in [-0.05, 0) is 36.2 Å². The number of esters is 1. The molecule has 160 valence electrons. The highest BCUT2D eigenvalue weighted by atomic mass is 16.5. The van der Waals surface area contributed by atoms with Gasteiger partial charge in [0, 0.05) is 6.54 Å². The first-order valence-corrected chi connectivity index (χ1v) is 9.94. The number of nitrogens with one attached hydrogen (secondary N) is 1. The Morgan fingerprint density at radius 3 is 2.16 bits per heavy atom. The van der Waals surface area contributed by atoms with E-state index < -0.39 is 12.1 Å². The summed E-state index contributed by atoms with van der Waals surface area (Å²) in [5.74, 6) is -0.0645. The molecule has 0 heterocycles. The maximum absolute atomic E-state index is 12.5. The van der Waals surface area contributed by atoms with Gasteiger partial charge in [-0.15, -0.1) is 0 Å². The summed E-state index contributed by atoms with van der Waals surface area (Å²) in [7, 11) is 1.50. The van der Waals surface area contributed by atoms with Crippen molar-refractivity contribution in [3.8, 4) is 11.5 Å². The summed E-state index contributed by atoms with van der Waals surface area (Å²) in [5, 5.41) is 2.76. The molecule has 3 aromatic carbocycles. The minimum atomic E-state index is -0.934. The molecule has 3 rings (SSSR count). The summed E-state index contributed by atoms with van der Waals surface area (Å²) < 4.78 is 16.5. The van der Waals surface area contributed by atoms with Crippen molar-refractivity contribution in [3.05, 3.63) is 95.6 Å².